The van der Waals surface area contributed by atoms with Crippen LogP contribution in [0.5, 0.6) is 0 Å². The van der Waals surface area contributed by atoms with E-state index in [9.17, 15) is 14.7 Å². The second-order valence-electron chi connectivity index (χ2n) is 8.43. The molecular weight excluding hydrogens is 354 g/mol. The average molecular weight is 388 g/mol. The van der Waals surface area contributed by atoms with Gasteiger partial charge >= 0.3 is 5.97 Å². The SMILES string of the molecule is O=C(O)c1ccc(CCCC2CCC(=O)N2CC[C@@H](O)C2CCCCC2)cc1. The number of amides is 1. The van der Waals surface area contributed by atoms with E-state index in [4.69, 9.17) is 5.11 Å². The summed E-state index contributed by atoms with van der Waals surface area (Å²) in [6, 6.07) is 7.33. The molecule has 1 aromatic carbocycles. The van der Waals surface area contributed by atoms with Crippen LogP contribution in [0.15, 0.2) is 24.3 Å². The number of likely N-dealkylation sites (tertiary alicyclic amines) is 1. The summed E-state index contributed by atoms with van der Waals surface area (Å²) in [5.41, 5.74) is 1.45. The molecule has 1 amide bonds. The summed E-state index contributed by atoms with van der Waals surface area (Å²) < 4.78 is 0. The fourth-order valence-corrected chi connectivity index (χ4v) is 4.78. The highest BCUT2D eigenvalue weighted by molar-refractivity contribution is 5.87. The van der Waals surface area contributed by atoms with Crippen LogP contribution in [-0.2, 0) is 11.2 Å². The fraction of sp³-hybridized carbons (Fsp3) is 0.652. The Morgan fingerprint density at radius 1 is 1.11 bits per heavy atom. The number of aliphatic hydroxyl groups is 1. The predicted molar refractivity (Wildman–Crippen MR) is 108 cm³/mol. The van der Waals surface area contributed by atoms with Gasteiger partial charge in [-0.2, -0.15) is 0 Å². The molecule has 0 aromatic heterocycles. The molecule has 5 heteroatoms. The quantitative estimate of drug-likeness (QED) is 0.671. The number of rotatable bonds is 9. The molecule has 0 radical (unpaired) electrons. The van der Waals surface area contributed by atoms with Crippen molar-refractivity contribution in [1.82, 2.24) is 4.90 Å². The maximum Gasteiger partial charge on any atom is 0.335 e. The number of carbonyl (C=O) groups excluding carboxylic acids is 1. The van der Waals surface area contributed by atoms with Crippen LogP contribution in [0.3, 0.4) is 0 Å². The van der Waals surface area contributed by atoms with Crippen LogP contribution in [0.1, 0.15) is 80.1 Å². The first-order chi connectivity index (χ1) is 13.5. The zero-order valence-corrected chi connectivity index (χ0v) is 16.7. The van der Waals surface area contributed by atoms with E-state index in [0.29, 0.717) is 30.9 Å². The standard InChI is InChI=1S/C23H33NO4/c25-21(18-6-2-1-3-7-18)15-16-24-20(13-14-22(24)26)8-4-5-17-9-11-19(12-10-17)23(27)28/h9-12,18,20-21,25H,1-8,13-16H2,(H,27,28)/t20?,21-/m1/s1. The van der Waals surface area contributed by atoms with E-state index in [2.05, 4.69) is 0 Å². The van der Waals surface area contributed by atoms with Crippen LogP contribution >= 0.6 is 0 Å². The van der Waals surface area contributed by atoms with Crippen molar-refractivity contribution in [2.75, 3.05) is 6.54 Å². The Kier molecular flexibility index (Phi) is 7.49. The van der Waals surface area contributed by atoms with Crippen molar-refractivity contribution in [3.8, 4) is 0 Å². The van der Waals surface area contributed by atoms with Crippen molar-refractivity contribution >= 4 is 11.9 Å². The van der Waals surface area contributed by atoms with Crippen LogP contribution < -0.4 is 0 Å². The molecule has 2 aliphatic rings. The topological polar surface area (TPSA) is 77.8 Å². The highest BCUT2D eigenvalue weighted by Crippen LogP contribution is 2.29. The van der Waals surface area contributed by atoms with Gasteiger partial charge in [-0.05, 0) is 68.6 Å². The number of aromatic carboxylic acids is 1. The van der Waals surface area contributed by atoms with Gasteiger partial charge in [0.05, 0.1) is 11.7 Å². The van der Waals surface area contributed by atoms with E-state index in [0.717, 1.165) is 44.1 Å². The first-order valence-corrected chi connectivity index (χ1v) is 10.8. The molecule has 2 fully saturated rings. The van der Waals surface area contributed by atoms with Gasteiger partial charge in [-0.1, -0.05) is 31.4 Å². The van der Waals surface area contributed by atoms with Crippen molar-refractivity contribution < 1.29 is 19.8 Å². The Bertz CT molecular complexity index is 651. The molecule has 1 saturated carbocycles. The third-order valence-corrected chi connectivity index (χ3v) is 6.52. The van der Waals surface area contributed by atoms with E-state index >= 15 is 0 Å². The summed E-state index contributed by atoms with van der Waals surface area (Å²) in [6.07, 6.45) is 10.8. The second kappa shape index (κ2) is 10.1. The molecule has 2 N–H and O–H groups in total. The van der Waals surface area contributed by atoms with Gasteiger partial charge in [0.2, 0.25) is 5.91 Å². The number of carbonyl (C=O) groups is 2. The molecule has 1 aliphatic heterocycles. The third kappa shape index (κ3) is 5.57. The summed E-state index contributed by atoms with van der Waals surface area (Å²) >= 11 is 0. The number of hydrogen-bond acceptors (Lipinski definition) is 3. The first-order valence-electron chi connectivity index (χ1n) is 10.8. The summed E-state index contributed by atoms with van der Waals surface area (Å²) in [4.78, 5) is 25.2. The summed E-state index contributed by atoms with van der Waals surface area (Å²) in [7, 11) is 0. The lowest BCUT2D eigenvalue weighted by molar-refractivity contribution is -0.129. The molecule has 0 spiro atoms. The van der Waals surface area contributed by atoms with Gasteiger partial charge in [-0.25, -0.2) is 4.79 Å². The molecule has 1 aromatic rings. The largest absolute Gasteiger partial charge is 0.478 e. The summed E-state index contributed by atoms with van der Waals surface area (Å²) in [5, 5.41) is 19.5. The molecule has 28 heavy (non-hydrogen) atoms. The van der Waals surface area contributed by atoms with Gasteiger partial charge < -0.3 is 15.1 Å². The van der Waals surface area contributed by atoms with Gasteiger partial charge in [-0.15, -0.1) is 0 Å². The highest BCUT2D eigenvalue weighted by Gasteiger charge is 2.31. The van der Waals surface area contributed by atoms with Crippen molar-refractivity contribution in [3.63, 3.8) is 0 Å². The van der Waals surface area contributed by atoms with Crippen molar-refractivity contribution in [2.24, 2.45) is 5.92 Å². The monoisotopic (exact) mass is 387 g/mol. The van der Waals surface area contributed by atoms with Gasteiger partial charge in [-0.3, -0.25) is 4.79 Å². The Labute approximate surface area is 167 Å². The summed E-state index contributed by atoms with van der Waals surface area (Å²) in [5.74, 6) is -0.257. The minimum atomic E-state index is -0.901. The van der Waals surface area contributed by atoms with E-state index < -0.39 is 5.97 Å². The number of carboxylic acids is 1. The van der Waals surface area contributed by atoms with Gasteiger partial charge in [0.25, 0.3) is 0 Å². The van der Waals surface area contributed by atoms with E-state index in [1.807, 2.05) is 17.0 Å². The predicted octanol–water partition coefficient (Wildman–Crippen LogP) is 4.03. The average Bonchev–Trinajstić information content (AvgIpc) is 3.06. The Morgan fingerprint density at radius 3 is 2.50 bits per heavy atom. The molecule has 5 nitrogen and oxygen atoms in total. The third-order valence-electron chi connectivity index (χ3n) is 6.52. The summed E-state index contributed by atoms with van der Waals surface area (Å²) in [6.45, 7) is 0.675. The fourth-order valence-electron chi connectivity index (χ4n) is 4.78. The van der Waals surface area contributed by atoms with E-state index in [1.54, 1.807) is 12.1 Å². The zero-order valence-electron chi connectivity index (χ0n) is 16.7. The van der Waals surface area contributed by atoms with Gasteiger partial charge in [0, 0.05) is 19.0 Å². The van der Waals surface area contributed by atoms with E-state index in [1.165, 1.54) is 19.3 Å². The molecule has 3 rings (SSSR count). The van der Waals surface area contributed by atoms with Crippen molar-refractivity contribution in [1.29, 1.82) is 0 Å². The smallest absolute Gasteiger partial charge is 0.335 e. The molecule has 1 saturated heterocycles. The molecule has 1 aliphatic carbocycles. The normalized spacial score (nSPS) is 21.8. The molecule has 2 atom stereocenters. The number of hydrogen-bond donors (Lipinski definition) is 2. The van der Waals surface area contributed by atoms with Crippen LogP contribution in [0.4, 0.5) is 0 Å². The van der Waals surface area contributed by atoms with Gasteiger partial charge in [0.1, 0.15) is 0 Å². The van der Waals surface area contributed by atoms with Crippen LogP contribution in [0, 0.1) is 5.92 Å². The Hall–Kier alpha value is -1.88. The maximum atomic E-state index is 12.3. The number of benzene rings is 1. The first kappa shape index (κ1) is 20.8. The lowest BCUT2D eigenvalue weighted by Gasteiger charge is -2.30. The molecule has 1 unspecified atom stereocenters. The van der Waals surface area contributed by atoms with Crippen LogP contribution in [0.25, 0.3) is 0 Å². The minimum Gasteiger partial charge on any atom is -0.478 e. The van der Waals surface area contributed by atoms with Crippen LogP contribution in [-0.4, -0.2) is 45.7 Å². The molecule has 1 heterocycles. The van der Waals surface area contributed by atoms with Gasteiger partial charge in [0.15, 0.2) is 0 Å². The second-order valence-corrected chi connectivity index (χ2v) is 8.43. The zero-order chi connectivity index (χ0) is 19.9. The lowest BCUT2D eigenvalue weighted by atomic mass is 9.84. The van der Waals surface area contributed by atoms with E-state index in [-0.39, 0.29) is 18.1 Å². The Balaban J connectivity index is 1.43. The molecule has 154 valence electrons. The minimum absolute atomic E-state index is 0.228. The lowest BCUT2D eigenvalue weighted by Crippen LogP contribution is -2.36. The molecule has 0 bridgehead atoms. The number of carboxylic acid groups (broad SMARTS) is 1. The molecular formula is C23H33NO4. The maximum absolute atomic E-state index is 12.3. The van der Waals surface area contributed by atoms with Crippen molar-refractivity contribution in [2.45, 2.75) is 82.8 Å². The van der Waals surface area contributed by atoms with Crippen molar-refractivity contribution in [3.05, 3.63) is 35.4 Å². The number of aryl methyl sites for hydroxylation is 1. The van der Waals surface area contributed by atoms with Crippen LogP contribution in [0.2, 0.25) is 0 Å². The number of aliphatic hydroxyl groups excluding tert-OH is 1. The highest BCUT2D eigenvalue weighted by atomic mass is 16.4. The number of nitrogens with zero attached hydrogens (tertiary/aromatic N) is 1. The Morgan fingerprint density at radius 2 is 1.82 bits per heavy atom.